The van der Waals surface area contributed by atoms with Crippen LogP contribution in [0.1, 0.15) is 21.6 Å². The van der Waals surface area contributed by atoms with Crippen molar-refractivity contribution in [2.45, 2.75) is 13.0 Å². The van der Waals surface area contributed by atoms with E-state index in [1.807, 2.05) is 6.07 Å². The third kappa shape index (κ3) is 2.80. The minimum Gasteiger partial charge on any atom is -0.397 e. The fourth-order valence-corrected chi connectivity index (χ4v) is 3.09. The Kier molecular flexibility index (Phi) is 4.06. The van der Waals surface area contributed by atoms with Crippen molar-refractivity contribution in [1.82, 2.24) is 9.88 Å². The van der Waals surface area contributed by atoms with E-state index in [1.165, 1.54) is 6.07 Å². The van der Waals surface area contributed by atoms with E-state index < -0.39 is 5.82 Å². The number of nitrogen functional groups attached to an aromatic ring is 1. The number of carbonyl (C=O) groups excluding carboxylic acids is 1. The molecular formula is C15H12BrClFN3O. The molecule has 0 radical (unpaired) electrons. The molecular weight excluding hydrogens is 373 g/mol. The lowest BCUT2D eigenvalue weighted by Crippen LogP contribution is -2.36. The quantitative estimate of drug-likeness (QED) is 0.605. The van der Waals surface area contributed by atoms with Crippen LogP contribution in [0.25, 0.3) is 0 Å². The summed E-state index contributed by atoms with van der Waals surface area (Å²) in [5.74, 6) is -0.798. The van der Waals surface area contributed by atoms with Crippen LogP contribution in [0.2, 0.25) is 5.15 Å². The van der Waals surface area contributed by atoms with Crippen LogP contribution in [0.3, 0.4) is 0 Å². The Bertz CT molecular complexity index is 769. The molecule has 0 aliphatic carbocycles. The fraction of sp³-hybridized carbons (Fsp3) is 0.200. The number of carbonyl (C=O) groups is 1. The zero-order chi connectivity index (χ0) is 15.9. The van der Waals surface area contributed by atoms with Crippen molar-refractivity contribution in [3.63, 3.8) is 0 Å². The van der Waals surface area contributed by atoms with Crippen LogP contribution in [-0.4, -0.2) is 22.3 Å². The third-order valence-electron chi connectivity index (χ3n) is 3.63. The van der Waals surface area contributed by atoms with Crippen molar-refractivity contribution in [3.05, 3.63) is 56.5 Å². The second-order valence-corrected chi connectivity index (χ2v) is 6.31. The lowest BCUT2D eigenvalue weighted by molar-refractivity contribution is 0.0734. The maximum Gasteiger partial charge on any atom is 0.256 e. The van der Waals surface area contributed by atoms with Gasteiger partial charge < -0.3 is 10.6 Å². The first-order valence-electron chi connectivity index (χ1n) is 6.64. The maximum atomic E-state index is 13.5. The number of halogens is 3. The number of aromatic nitrogens is 1. The second kappa shape index (κ2) is 5.85. The highest BCUT2D eigenvalue weighted by molar-refractivity contribution is 9.10. The third-order valence-corrected chi connectivity index (χ3v) is 4.49. The van der Waals surface area contributed by atoms with Gasteiger partial charge >= 0.3 is 0 Å². The first kappa shape index (κ1) is 15.2. The van der Waals surface area contributed by atoms with Gasteiger partial charge in [-0.05, 0) is 39.7 Å². The molecule has 0 bridgehead atoms. The topological polar surface area (TPSA) is 59.2 Å². The zero-order valence-corrected chi connectivity index (χ0v) is 13.8. The number of nitrogens with two attached hydrogens (primary N) is 1. The minimum absolute atomic E-state index is 0.164. The van der Waals surface area contributed by atoms with Crippen molar-refractivity contribution >= 4 is 39.1 Å². The number of amides is 1. The molecule has 0 unspecified atom stereocenters. The Morgan fingerprint density at radius 2 is 2.18 bits per heavy atom. The Balaban J connectivity index is 1.90. The molecule has 1 aromatic carbocycles. The molecule has 7 heteroatoms. The maximum absolute atomic E-state index is 13.5. The van der Waals surface area contributed by atoms with Crippen molar-refractivity contribution < 1.29 is 9.18 Å². The predicted molar refractivity (Wildman–Crippen MR) is 86.2 cm³/mol. The first-order chi connectivity index (χ1) is 10.5. The van der Waals surface area contributed by atoms with Gasteiger partial charge in [0.15, 0.2) is 0 Å². The standard InChI is InChI=1S/C15H12BrClFN3O/c16-11-6-9(18)5-10(14(11)19)15(22)21-4-3-12-8(7-21)1-2-13(17)20-12/h1-2,5-6H,3-4,7,19H2. The molecule has 1 aromatic heterocycles. The molecule has 2 aromatic rings. The SMILES string of the molecule is Nc1c(Br)cc(F)cc1C(=O)N1CCc2nc(Cl)ccc2C1. The van der Waals surface area contributed by atoms with Gasteiger partial charge in [0.1, 0.15) is 11.0 Å². The molecule has 4 nitrogen and oxygen atoms in total. The van der Waals surface area contributed by atoms with E-state index in [4.69, 9.17) is 17.3 Å². The van der Waals surface area contributed by atoms with Gasteiger partial charge in [0.2, 0.25) is 0 Å². The number of benzene rings is 1. The van der Waals surface area contributed by atoms with E-state index in [0.717, 1.165) is 17.3 Å². The summed E-state index contributed by atoms with van der Waals surface area (Å²) in [6, 6.07) is 5.96. The summed E-state index contributed by atoms with van der Waals surface area (Å²) in [6.07, 6.45) is 0.609. The normalized spacial score (nSPS) is 13.9. The van der Waals surface area contributed by atoms with Crippen LogP contribution in [0, 0.1) is 5.82 Å². The highest BCUT2D eigenvalue weighted by atomic mass is 79.9. The van der Waals surface area contributed by atoms with Gasteiger partial charge in [-0.2, -0.15) is 0 Å². The highest BCUT2D eigenvalue weighted by Gasteiger charge is 2.25. The average Bonchev–Trinajstić information content (AvgIpc) is 2.49. The molecule has 2 N–H and O–H groups in total. The fourth-order valence-electron chi connectivity index (χ4n) is 2.49. The Morgan fingerprint density at radius 1 is 1.41 bits per heavy atom. The van der Waals surface area contributed by atoms with Crippen LogP contribution in [-0.2, 0) is 13.0 Å². The predicted octanol–water partition coefficient (Wildman–Crippen LogP) is 3.42. The molecule has 1 amide bonds. The van der Waals surface area contributed by atoms with Gasteiger partial charge in [-0.25, -0.2) is 9.37 Å². The van der Waals surface area contributed by atoms with Gasteiger partial charge in [-0.15, -0.1) is 0 Å². The lowest BCUT2D eigenvalue weighted by Gasteiger charge is -2.28. The Labute approximate surface area is 140 Å². The molecule has 114 valence electrons. The molecule has 2 heterocycles. The van der Waals surface area contributed by atoms with E-state index in [2.05, 4.69) is 20.9 Å². The van der Waals surface area contributed by atoms with Crippen molar-refractivity contribution in [2.75, 3.05) is 12.3 Å². The van der Waals surface area contributed by atoms with E-state index in [-0.39, 0.29) is 17.2 Å². The van der Waals surface area contributed by atoms with E-state index in [9.17, 15) is 9.18 Å². The van der Waals surface area contributed by atoms with Crippen LogP contribution in [0.4, 0.5) is 10.1 Å². The number of rotatable bonds is 1. The molecule has 22 heavy (non-hydrogen) atoms. The number of anilines is 1. The monoisotopic (exact) mass is 383 g/mol. The Morgan fingerprint density at radius 3 is 2.95 bits per heavy atom. The smallest absolute Gasteiger partial charge is 0.256 e. The van der Waals surface area contributed by atoms with Gasteiger partial charge in [0.05, 0.1) is 11.3 Å². The summed E-state index contributed by atoms with van der Waals surface area (Å²) in [6.45, 7) is 0.901. The number of pyridine rings is 1. The molecule has 0 atom stereocenters. The summed E-state index contributed by atoms with van der Waals surface area (Å²) in [5.41, 5.74) is 8.12. The van der Waals surface area contributed by atoms with E-state index >= 15 is 0 Å². The number of hydrogen-bond acceptors (Lipinski definition) is 3. The van der Waals surface area contributed by atoms with Crippen LogP contribution in [0.15, 0.2) is 28.7 Å². The highest BCUT2D eigenvalue weighted by Crippen LogP contribution is 2.28. The van der Waals surface area contributed by atoms with Gasteiger partial charge in [-0.1, -0.05) is 17.7 Å². The number of nitrogens with zero attached hydrogens (tertiary/aromatic N) is 2. The van der Waals surface area contributed by atoms with Crippen LogP contribution in [0.5, 0.6) is 0 Å². The summed E-state index contributed by atoms with van der Waals surface area (Å²) in [7, 11) is 0. The van der Waals surface area contributed by atoms with Crippen LogP contribution >= 0.6 is 27.5 Å². The van der Waals surface area contributed by atoms with Crippen molar-refractivity contribution in [3.8, 4) is 0 Å². The van der Waals surface area contributed by atoms with Crippen molar-refractivity contribution in [2.24, 2.45) is 0 Å². The molecule has 0 saturated heterocycles. The molecule has 3 rings (SSSR count). The second-order valence-electron chi connectivity index (χ2n) is 5.07. The van der Waals surface area contributed by atoms with E-state index in [0.29, 0.717) is 29.1 Å². The number of fused-ring (bicyclic) bond motifs is 1. The number of hydrogen-bond donors (Lipinski definition) is 1. The van der Waals surface area contributed by atoms with Crippen LogP contribution < -0.4 is 5.73 Å². The molecule has 1 aliphatic rings. The molecule has 1 aliphatic heterocycles. The van der Waals surface area contributed by atoms with Gasteiger partial charge in [-0.3, -0.25) is 4.79 Å². The molecule has 0 spiro atoms. The Hall–Kier alpha value is -1.66. The summed E-state index contributed by atoms with van der Waals surface area (Å²) < 4.78 is 13.9. The lowest BCUT2D eigenvalue weighted by atomic mass is 10.0. The zero-order valence-electron chi connectivity index (χ0n) is 11.4. The average molecular weight is 385 g/mol. The molecule has 0 saturated carbocycles. The minimum atomic E-state index is -0.504. The van der Waals surface area contributed by atoms with E-state index in [1.54, 1.807) is 11.0 Å². The largest absolute Gasteiger partial charge is 0.397 e. The van der Waals surface area contributed by atoms with Gasteiger partial charge in [0.25, 0.3) is 5.91 Å². The first-order valence-corrected chi connectivity index (χ1v) is 7.81. The van der Waals surface area contributed by atoms with Crippen molar-refractivity contribution in [1.29, 1.82) is 0 Å². The summed E-state index contributed by atoms with van der Waals surface area (Å²) in [4.78, 5) is 18.5. The van der Waals surface area contributed by atoms with Gasteiger partial charge in [0, 0.05) is 29.7 Å². The molecule has 0 fully saturated rings. The summed E-state index contributed by atoms with van der Waals surface area (Å²) in [5, 5.41) is 0.442. The summed E-state index contributed by atoms with van der Waals surface area (Å²) >= 11 is 9.03.